The number of esters is 2. The van der Waals surface area contributed by atoms with Gasteiger partial charge in [-0.1, -0.05) is 15.9 Å². The van der Waals surface area contributed by atoms with Crippen LogP contribution in [0.1, 0.15) is 24.0 Å². The smallest absolute Gasteiger partial charge is 0.310 e. The molecule has 6 nitrogen and oxygen atoms in total. The average Bonchev–Trinajstić information content (AvgIpc) is 3.22. The van der Waals surface area contributed by atoms with Crippen molar-refractivity contribution in [2.24, 2.45) is 23.7 Å². The second-order valence-corrected chi connectivity index (χ2v) is 8.28. The summed E-state index contributed by atoms with van der Waals surface area (Å²) in [6.07, 6.45) is 1.55. The molecule has 1 saturated heterocycles. The summed E-state index contributed by atoms with van der Waals surface area (Å²) in [6.45, 7) is 3.52. The Hall–Kier alpha value is -1.89. The fourth-order valence-electron chi connectivity index (χ4n) is 4.67. The van der Waals surface area contributed by atoms with Crippen molar-refractivity contribution >= 4 is 39.5 Å². The van der Waals surface area contributed by atoms with E-state index in [0.717, 1.165) is 28.4 Å². The van der Waals surface area contributed by atoms with Gasteiger partial charge in [0.15, 0.2) is 6.61 Å². The summed E-state index contributed by atoms with van der Waals surface area (Å²) in [5.41, 5.74) is 2.68. The maximum Gasteiger partial charge on any atom is 0.310 e. The molecule has 0 unspecified atom stereocenters. The van der Waals surface area contributed by atoms with Gasteiger partial charge in [-0.3, -0.25) is 14.4 Å². The van der Waals surface area contributed by atoms with Gasteiger partial charge in [0.05, 0.1) is 11.8 Å². The van der Waals surface area contributed by atoms with E-state index in [2.05, 4.69) is 21.2 Å². The van der Waals surface area contributed by atoms with Gasteiger partial charge in [-0.2, -0.15) is 0 Å². The molecule has 1 aliphatic heterocycles. The Balaban J connectivity index is 1.36. The van der Waals surface area contributed by atoms with E-state index >= 15 is 0 Å². The molecule has 2 bridgehead atoms. The summed E-state index contributed by atoms with van der Waals surface area (Å²) in [5.74, 6) is -1.70. The Morgan fingerprint density at radius 3 is 2.81 bits per heavy atom. The largest absolute Gasteiger partial charge is 0.462 e. The lowest BCUT2D eigenvalue weighted by Gasteiger charge is -2.22. The predicted molar refractivity (Wildman–Crippen MR) is 96.3 cm³/mol. The van der Waals surface area contributed by atoms with Crippen LogP contribution in [0.4, 0.5) is 5.69 Å². The lowest BCUT2D eigenvalue weighted by atomic mass is 9.80. The minimum absolute atomic E-state index is 0.0199. The third-order valence-corrected chi connectivity index (χ3v) is 6.96. The van der Waals surface area contributed by atoms with E-state index in [1.807, 2.05) is 19.9 Å². The molecule has 26 heavy (non-hydrogen) atoms. The number of fused-ring (bicyclic) bond motifs is 1. The zero-order valence-electron chi connectivity index (χ0n) is 14.6. The third kappa shape index (κ3) is 2.73. The molecule has 2 aliphatic carbocycles. The molecule has 5 atom stereocenters. The van der Waals surface area contributed by atoms with Gasteiger partial charge in [-0.25, -0.2) is 0 Å². The van der Waals surface area contributed by atoms with E-state index in [1.165, 1.54) is 0 Å². The quantitative estimate of drug-likeness (QED) is 0.755. The van der Waals surface area contributed by atoms with Crippen LogP contribution in [0.2, 0.25) is 0 Å². The Kier molecular flexibility index (Phi) is 4.29. The van der Waals surface area contributed by atoms with Crippen LogP contribution in [0.25, 0.3) is 0 Å². The molecular formula is C19H20BrNO5. The molecule has 1 N–H and O–H groups in total. The van der Waals surface area contributed by atoms with Crippen LogP contribution in [0.5, 0.6) is 0 Å². The first-order valence-electron chi connectivity index (χ1n) is 8.79. The number of hydrogen-bond acceptors (Lipinski definition) is 5. The van der Waals surface area contributed by atoms with Crippen LogP contribution < -0.4 is 5.32 Å². The molecule has 1 amide bonds. The molecule has 3 aliphatic rings. The molecule has 2 saturated carbocycles. The monoisotopic (exact) mass is 421 g/mol. The molecule has 138 valence electrons. The van der Waals surface area contributed by atoms with Gasteiger partial charge in [0.2, 0.25) is 0 Å². The standard InChI is InChI=1S/C19H20BrNO5/c1-8-9(2)13(4-3-12(8)20)21-15(22)7-25-18(23)16-10-5-11-14(6-10)26-19(24)17(11)16/h3-4,10-11,14,16-17H,5-7H2,1-2H3,(H,21,22)/t10-,11+,14-,16-,17-/m1/s1. The average molecular weight is 422 g/mol. The zero-order valence-corrected chi connectivity index (χ0v) is 16.2. The molecule has 0 spiro atoms. The van der Waals surface area contributed by atoms with E-state index in [9.17, 15) is 14.4 Å². The summed E-state index contributed by atoms with van der Waals surface area (Å²) in [7, 11) is 0. The number of rotatable bonds is 4. The first-order chi connectivity index (χ1) is 12.4. The van der Waals surface area contributed by atoms with E-state index in [-0.39, 0.29) is 36.4 Å². The molecular weight excluding hydrogens is 402 g/mol. The van der Waals surface area contributed by atoms with E-state index < -0.39 is 17.8 Å². The molecule has 1 heterocycles. The first kappa shape index (κ1) is 17.5. The van der Waals surface area contributed by atoms with Gasteiger partial charge in [-0.15, -0.1) is 0 Å². The molecule has 1 aromatic carbocycles. The van der Waals surface area contributed by atoms with Gasteiger partial charge in [-0.05, 0) is 55.9 Å². The van der Waals surface area contributed by atoms with Crippen molar-refractivity contribution in [1.29, 1.82) is 0 Å². The predicted octanol–water partition coefficient (Wildman–Crippen LogP) is 2.75. The summed E-state index contributed by atoms with van der Waals surface area (Å²) in [4.78, 5) is 36.6. The van der Waals surface area contributed by atoms with Gasteiger partial charge in [0.1, 0.15) is 6.10 Å². The lowest BCUT2D eigenvalue weighted by Crippen LogP contribution is -2.35. The minimum atomic E-state index is -0.462. The fraction of sp³-hybridized carbons (Fsp3) is 0.526. The van der Waals surface area contributed by atoms with Gasteiger partial charge in [0, 0.05) is 16.1 Å². The highest BCUT2D eigenvalue weighted by atomic mass is 79.9. The van der Waals surface area contributed by atoms with Crippen molar-refractivity contribution in [1.82, 2.24) is 0 Å². The number of anilines is 1. The van der Waals surface area contributed by atoms with Crippen LogP contribution in [-0.4, -0.2) is 30.6 Å². The number of nitrogens with one attached hydrogen (secondary N) is 1. The highest BCUT2D eigenvalue weighted by Gasteiger charge is 2.64. The van der Waals surface area contributed by atoms with Crippen molar-refractivity contribution in [3.8, 4) is 0 Å². The second-order valence-electron chi connectivity index (χ2n) is 7.42. The highest BCUT2D eigenvalue weighted by Crippen LogP contribution is 2.57. The van der Waals surface area contributed by atoms with Crippen molar-refractivity contribution in [2.45, 2.75) is 32.8 Å². The molecule has 7 heteroatoms. The summed E-state index contributed by atoms with van der Waals surface area (Å²) < 4.78 is 11.5. The normalized spacial score (nSPS) is 31.0. The summed E-state index contributed by atoms with van der Waals surface area (Å²) in [5, 5.41) is 2.77. The molecule has 3 fully saturated rings. The number of benzene rings is 1. The summed E-state index contributed by atoms with van der Waals surface area (Å²) >= 11 is 3.45. The zero-order chi connectivity index (χ0) is 18.6. The topological polar surface area (TPSA) is 81.7 Å². The van der Waals surface area contributed by atoms with E-state index in [1.54, 1.807) is 6.07 Å². The van der Waals surface area contributed by atoms with E-state index in [4.69, 9.17) is 9.47 Å². The molecule has 0 aromatic heterocycles. The van der Waals surface area contributed by atoms with Crippen LogP contribution in [-0.2, 0) is 23.9 Å². The first-order valence-corrected chi connectivity index (χ1v) is 9.58. The fourth-order valence-corrected chi connectivity index (χ4v) is 5.10. The maximum atomic E-state index is 12.5. The number of hydrogen-bond donors (Lipinski definition) is 1. The number of halogens is 1. The highest BCUT2D eigenvalue weighted by molar-refractivity contribution is 9.10. The van der Waals surface area contributed by atoms with Gasteiger partial charge in [0.25, 0.3) is 5.91 Å². The van der Waals surface area contributed by atoms with Crippen LogP contribution >= 0.6 is 15.9 Å². The van der Waals surface area contributed by atoms with Gasteiger partial charge >= 0.3 is 11.9 Å². The van der Waals surface area contributed by atoms with Crippen LogP contribution in [0.3, 0.4) is 0 Å². The Bertz CT molecular complexity index is 805. The minimum Gasteiger partial charge on any atom is -0.462 e. The maximum absolute atomic E-state index is 12.5. The van der Waals surface area contributed by atoms with Gasteiger partial charge < -0.3 is 14.8 Å². The van der Waals surface area contributed by atoms with Crippen LogP contribution in [0, 0.1) is 37.5 Å². The van der Waals surface area contributed by atoms with Crippen LogP contribution in [0.15, 0.2) is 16.6 Å². The van der Waals surface area contributed by atoms with Crippen molar-refractivity contribution in [3.63, 3.8) is 0 Å². The Morgan fingerprint density at radius 1 is 1.27 bits per heavy atom. The number of ether oxygens (including phenoxy) is 2. The summed E-state index contributed by atoms with van der Waals surface area (Å²) in [6, 6.07) is 3.66. The number of carbonyl (C=O) groups excluding carboxylic acids is 3. The molecule has 1 aromatic rings. The lowest BCUT2D eigenvalue weighted by molar-refractivity contribution is -0.157. The van der Waals surface area contributed by atoms with Crippen molar-refractivity contribution < 1.29 is 23.9 Å². The van der Waals surface area contributed by atoms with Crippen molar-refractivity contribution in [2.75, 3.05) is 11.9 Å². The Labute approximate surface area is 159 Å². The molecule has 4 rings (SSSR count). The van der Waals surface area contributed by atoms with Crippen molar-refractivity contribution in [3.05, 3.63) is 27.7 Å². The SMILES string of the molecule is Cc1c(Br)ccc(NC(=O)COC(=O)[C@@H]2[C@@H]3C[C@@H]4[C@H]2C(=O)O[C@@H]4C3)c1C. The number of carbonyl (C=O) groups is 3. The Morgan fingerprint density at radius 2 is 2.04 bits per heavy atom. The molecule has 0 radical (unpaired) electrons. The second kappa shape index (κ2) is 6.37. The third-order valence-electron chi connectivity index (χ3n) is 6.10. The number of amides is 1. The van der Waals surface area contributed by atoms with E-state index in [0.29, 0.717) is 5.69 Å².